The highest BCUT2D eigenvalue weighted by atomic mass is 16.3. The normalized spacial score (nSPS) is 45.4. The van der Waals surface area contributed by atoms with E-state index in [1.54, 1.807) is 0 Å². The number of benzene rings is 1. The quantitative estimate of drug-likeness (QED) is 0.575. The molecule has 0 bridgehead atoms. The molecule has 9 atom stereocenters. The number of aliphatic hydroxyl groups excluding tert-OH is 2. The van der Waals surface area contributed by atoms with Gasteiger partial charge in [0.25, 0.3) is 0 Å². The monoisotopic (exact) mass is 424 g/mol. The second-order valence-corrected chi connectivity index (χ2v) is 12.3. The van der Waals surface area contributed by atoms with E-state index in [9.17, 15) is 10.2 Å². The van der Waals surface area contributed by atoms with Crippen LogP contribution in [0.1, 0.15) is 90.0 Å². The van der Waals surface area contributed by atoms with Crippen molar-refractivity contribution in [2.75, 3.05) is 0 Å². The molecule has 1 aromatic carbocycles. The smallest absolute Gasteiger partial charge is 0.0546 e. The average molecular weight is 425 g/mol. The number of fused-ring (bicyclic) bond motifs is 5. The van der Waals surface area contributed by atoms with Crippen LogP contribution in [0.15, 0.2) is 30.3 Å². The molecule has 2 nitrogen and oxygen atoms in total. The second-order valence-electron chi connectivity index (χ2n) is 12.3. The first-order chi connectivity index (χ1) is 14.9. The van der Waals surface area contributed by atoms with Crippen LogP contribution in [0.2, 0.25) is 0 Å². The molecule has 1 aromatic rings. The molecule has 2 heteroatoms. The van der Waals surface area contributed by atoms with E-state index < -0.39 is 0 Å². The lowest BCUT2D eigenvalue weighted by molar-refractivity contribution is -0.128. The largest absolute Gasteiger partial charge is 0.393 e. The summed E-state index contributed by atoms with van der Waals surface area (Å²) in [4.78, 5) is 0. The van der Waals surface area contributed by atoms with Gasteiger partial charge in [0.2, 0.25) is 0 Å². The SMILES string of the molecule is CC12CCC3C(CCC4C[C@@H](O)CC[C@@]43C)C1CC[C@@H]2C[C@@H](O)CCc1ccccc1. The summed E-state index contributed by atoms with van der Waals surface area (Å²) in [5.41, 5.74) is 2.25. The van der Waals surface area contributed by atoms with Crippen LogP contribution in [0, 0.1) is 40.4 Å². The summed E-state index contributed by atoms with van der Waals surface area (Å²) < 4.78 is 0. The summed E-state index contributed by atoms with van der Waals surface area (Å²) in [6, 6.07) is 10.6. The minimum absolute atomic E-state index is 0.0447. The predicted molar refractivity (Wildman–Crippen MR) is 127 cm³/mol. The van der Waals surface area contributed by atoms with E-state index >= 15 is 0 Å². The first-order valence-electron chi connectivity index (χ1n) is 13.3. The predicted octanol–water partition coefficient (Wildman–Crippen LogP) is 6.39. The summed E-state index contributed by atoms with van der Waals surface area (Å²) in [7, 11) is 0. The van der Waals surface area contributed by atoms with Crippen LogP contribution in [-0.2, 0) is 6.42 Å². The fourth-order valence-electron chi connectivity index (χ4n) is 9.16. The van der Waals surface area contributed by atoms with Crippen LogP contribution < -0.4 is 0 Å². The van der Waals surface area contributed by atoms with Crippen molar-refractivity contribution in [3.05, 3.63) is 35.9 Å². The van der Waals surface area contributed by atoms with E-state index in [1.807, 2.05) is 0 Å². The first kappa shape index (κ1) is 22.0. The van der Waals surface area contributed by atoms with E-state index in [1.165, 1.54) is 50.5 Å². The third-order valence-electron chi connectivity index (χ3n) is 11.0. The van der Waals surface area contributed by atoms with Crippen molar-refractivity contribution in [1.29, 1.82) is 0 Å². The molecule has 5 unspecified atom stereocenters. The van der Waals surface area contributed by atoms with Gasteiger partial charge >= 0.3 is 0 Å². The average Bonchev–Trinajstić information content (AvgIpc) is 3.10. The molecule has 0 spiro atoms. The molecule has 0 amide bonds. The molecule has 5 rings (SSSR count). The van der Waals surface area contributed by atoms with Gasteiger partial charge in [-0.2, -0.15) is 0 Å². The minimum Gasteiger partial charge on any atom is -0.393 e. The Morgan fingerprint density at radius 2 is 1.65 bits per heavy atom. The number of hydrogen-bond acceptors (Lipinski definition) is 2. The lowest BCUT2D eigenvalue weighted by atomic mass is 9.44. The zero-order chi connectivity index (χ0) is 21.6. The van der Waals surface area contributed by atoms with Crippen molar-refractivity contribution in [1.82, 2.24) is 0 Å². The van der Waals surface area contributed by atoms with Gasteiger partial charge in [-0.3, -0.25) is 0 Å². The number of hydrogen-bond donors (Lipinski definition) is 2. The highest BCUT2D eigenvalue weighted by Crippen LogP contribution is 2.67. The standard InChI is InChI=1S/C29H44O2/c1-28-16-14-24(31)19-21(28)9-12-25-26-13-10-22(29(26,2)17-15-27(25)28)18-23(30)11-8-20-6-4-3-5-7-20/h3-7,21-27,30-31H,8-19H2,1-2H3/t21?,22-,23+,24+,25?,26?,27?,28+,29?/m1/s1. The third-order valence-corrected chi connectivity index (χ3v) is 11.0. The van der Waals surface area contributed by atoms with E-state index in [0.29, 0.717) is 16.7 Å². The van der Waals surface area contributed by atoms with Crippen molar-refractivity contribution in [2.45, 2.75) is 103 Å². The third kappa shape index (κ3) is 3.90. The molecule has 0 radical (unpaired) electrons. The zero-order valence-electron chi connectivity index (χ0n) is 19.8. The zero-order valence-corrected chi connectivity index (χ0v) is 19.8. The van der Waals surface area contributed by atoms with Crippen molar-refractivity contribution in [3.63, 3.8) is 0 Å². The van der Waals surface area contributed by atoms with E-state index in [-0.39, 0.29) is 12.2 Å². The van der Waals surface area contributed by atoms with Crippen LogP contribution >= 0.6 is 0 Å². The first-order valence-corrected chi connectivity index (χ1v) is 13.3. The summed E-state index contributed by atoms with van der Waals surface area (Å²) in [6.45, 7) is 5.18. The van der Waals surface area contributed by atoms with Crippen LogP contribution in [0.25, 0.3) is 0 Å². The maximum absolute atomic E-state index is 10.9. The van der Waals surface area contributed by atoms with Gasteiger partial charge in [0, 0.05) is 0 Å². The fraction of sp³-hybridized carbons (Fsp3) is 0.793. The van der Waals surface area contributed by atoms with Crippen LogP contribution in [0.3, 0.4) is 0 Å². The minimum atomic E-state index is -0.161. The Bertz CT molecular complexity index is 746. The van der Waals surface area contributed by atoms with Crippen molar-refractivity contribution in [3.8, 4) is 0 Å². The Morgan fingerprint density at radius 1 is 0.903 bits per heavy atom. The summed E-state index contributed by atoms with van der Waals surface area (Å²) in [5.74, 6) is 4.07. The van der Waals surface area contributed by atoms with Crippen molar-refractivity contribution >= 4 is 0 Å². The number of aliphatic hydroxyl groups is 2. The number of rotatable bonds is 5. The highest BCUT2D eigenvalue weighted by molar-refractivity contribution is 5.15. The molecule has 2 N–H and O–H groups in total. The maximum Gasteiger partial charge on any atom is 0.0546 e. The van der Waals surface area contributed by atoms with Gasteiger partial charge in [0.15, 0.2) is 0 Å². The molecule has 4 aliphatic rings. The van der Waals surface area contributed by atoms with Gasteiger partial charge in [0.1, 0.15) is 0 Å². The molecule has 0 aromatic heterocycles. The molecule has 0 saturated heterocycles. The van der Waals surface area contributed by atoms with E-state index in [4.69, 9.17) is 0 Å². The van der Waals surface area contributed by atoms with Crippen LogP contribution in [-0.4, -0.2) is 22.4 Å². The van der Waals surface area contributed by atoms with Gasteiger partial charge in [-0.25, -0.2) is 0 Å². The molecule has 0 heterocycles. The molecule has 0 aliphatic heterocycles. The molecular weight excluding hydrogens is 380 g/mol. The summed E-state index contributed by atoms with van der Waals surface area (Å²) in [5, 5.41) is 21.2. The lowest BCUT2D eigenvalue weighted by Crippen LogP contribution is -2.54. The van der Waals surface area contributed by atoms with E-state index in [2.05, 4.69) is 44.2 Å². The van der Waals surface area contributed by atoms with Crippen LogP contribution in [0.4, 0.5) is 0 Å². The van der Waals surface area contributed by atoms with Gasteiger partial charge in [0.05, 0.1) is 12.2 Å². The van der Waals surface area contributed by atoms with Crippen LogP contribution in [0.5, 0.6) is 0 Å². The molecule has 4 aliphatic carbocycles. The molecular formula is C29H44O2. The molecule has 4 saturated carbocycles. The Morgan fingerprint density at radius 3 is 2.45 bits per heavy atom. The molecule has 172 valence electrons. The fourth-order valence-corrected chi connectivity index (χ4v) is 9.16. The molecule has 31 heavy (non-hydrogen) atoms. The Kier molecular flexibility index (Phi) is 6.01. The summed E-state index contributed by atoms with van der Waals surface area (Å²) in [6.07, 6.45) is 14.2. The Balaban J connectivity index is 1.24. The van der Waals surface area contributed by atoms with Gasteiger partial charge in [-0.15, -0.1) is 0 Å². The van der Waals surface area contributed by atoms with Crippen molar-refractivity contribution < 1.29 is 10.2 Å². The number of aryl methyl sites for hydroxylation is 1. The molecule has 4 fully saturated rings. The topological polar surface area (TPSA) is 40.5 Å². The van der Waals surface area contributed by atoms with Gasteiger partial charge in [-0.05, 0) is 123 Å². The Hall–Kier alpha value is -0.860. The summed E-state index contributed by atoms with van der Waals surface area (Å²) >= 11 is 0. The Labute approximate surface area is 189 Å². The maximum atomic E-state index is 10.9. The van der Waals surface area contributed by atoms with Gasteiger partial charge < -0.3 is 10.2 Å². The van der Waals surface area contributed by atoms with Crippen molar-refractivity contribution in [2.24, 2.45) is 40.4 Å². The highest BCUT2D eigenvalue weighted by Gasteiger charge is 2.60. The van der Waals surface area contributed by atoms with E-state index in [0.717, 1.165) is 55.8 Å². The second kappa shape index (κ2) is 8.49. The lowest BCUT2D eigenvalue weighted by Gasteiger charge is -2.61. The van der Waals surface area contributed by atoms with Gasteiger partial charge in [-0.1, -0.05) is 44.2 Å².